The van der Waals surface area contributed by atoms with E-state index in [1.54, 1.807) is 11.8 Å². The van der Waals surface area contributed by atoms with E-state index in [4.69, 9.17) is 12.2 Å². The van der Waals surface area contributed by atoms with Crippen LogP contribution in [0.2, 0.25) is 0 Å². The van der Waals surface area contributed by atoms with Gasteiger partial charge in [-0.25, -0.2) is 0 Å². The lowest BCUT2D eigenvalue weighted by atomic mass is 9.72. The number of thiocarbonyl (C=S) groups is 1. The second-order valence-electron chi connectivity index (χ2n) is 8.57. The molecule has 0 amide bonds. The highest BCUT2D eigenvalue weighted by molar-refractivity contribution is 8.22. The van der Waals surface area contributed by atoms with Crippen LogP contribution >= 0.6 is 24.0 Å². The molecule has 0 spiro atoms. The van der Waals surface area contributed by atoms with Gasteiger partial charge in [0.2, 0.25) is 0 Å². The molecular weight excluding hydrogens is 406 g/mol. The zero-order chi connectivity index (χ0) is 21.4. The Labute approximate surface area is 191 Å². The lowest BCUT2D eigenvalue weighted by Crippen LogP contribution is -2.48. The fourth-order valence-corrected chi connectivity index (χ4v) is 5.69. The Morgan fingerprint density at radius 2 is 1.90 bits per heavy atom. The van der Waals surface area contributed by atoms with Gasteiger partial charge in [-0.3, -0.25) is 4.90 Å². The Kier molecular flexibility index (Phi) is 8.56. The second-order valence-corrected chi connectivity index (χ2v) is 10.3. The van der Waals surface area contributed by atoms with Crippen molar-refractivity contribution in [2.45, 2.75) is 38.5 Å². The summed E-state index contributed by atoms with van der Waals surface area (Å²) < 4.78 is 0.979. The molecule has 1 saturated heterocycles. The summed E-state index contributed by atoms with van der Waals surface area (Å²) in [5.41, 5.74) is 1.62. The molecule has 3 nitrogen and oxygen atoms in total. The Balaban J connectivity index is 1.62. The molecule has 2 aliphatic rings. The van der Waals surface area contributed by atoms with Gasteiger partial charge < -0.3 is 4.90 Å². The number of piperazine rings is 1. The van der Waals surface area contributed by atoms with Crippen molar-refractivity contribution >= 4 is 28.3 Å². The Morgan fingerprint density at radius 1 is 1.17 bits per heavy atom. The second kappa shape index (κ2) is 11.1. The maximum Gasteiger partial charge on any atom is 0.136 e. The highest BCUT2D eigenvalue weighted by atomic mass is 32.2. The molecule has 160 valence electrons. The van der Waals surface area contributed by atoms with Gasteiger partial charge in [0.1, 0.15) is 9.74 Å². The van der Waals surface area contributed by atoms with Crippen molar-refractivity contribution in [1.29, 1.82) is 5.26 Å². The van der Waals surface area contributed by atoms with Crippen LogP contribution in [0.5, 0.6) is 0 Å². The van der Waals surface area contributed by atoms with Gasteiger partial charge in [-0.1, -0.05) is 86.4 Å². The molecule has 1 aromatic rings. The molecular formula is C25H33N3S2. The van der Waals surface area contributed by atoms with E-state index in [1.165, 1.54) is 0 Å². The van der Waals surface area contributed by atoms with Gasteiger partial charge >= 0.3 is 0 Å². The van der Waals surface area contributed by atoms with E-state index in [-0.39, 0.29) is 0 Å². The Morgan fingerprint density at radius 3 is 2.50 bits per heavy atom. The summed E-state index contributed by atoms with van der Waals surface area (Å²) in [6.45, 7) is 9.91. The summed E-state index contributed by atoms with van der Waals surface area (Å²) in [6.07, 6.45) is 9.42. The zero-order valence-electron chi connectivity index (χ0n) is 18.2. The highest BCUT2D eigenvalue weighted by Gasteiger charge is 2.35. The minimum Gasteiger partial charge on any atom is -0.355 e. The molecule has 1 unspecified atom stereocenters. The molecule has 5 heteroatoms. The summed E-state index contributed by atoms with van der Waals surface area (Å²) in [5.74, 6) is 1.55. The molecule has 1 aliphatic carbocycles. The molecule has 0 saturated carbocycles. The molecule has 0 radical (unpaired) electrons. The molecule has 3 rings (SSSR count). The number of rotatable bonds is 7. The minimum atomic E-state index is -0.600. The van der Waals surface area contributed by atoms with Crippen LogP contribution < -0.4 is 0 Å². The topological polar surface area (TPSA) is 30.3 Å². The van der Waals surface area contributed by atoms with E-state index in [2.05, 4.69) is 60.1 Å². The fraction of sp³-hybridized carbons (Fsp3) is 0.520. The van der Waals surface area contributed by atoms with E-state index in [0.717, 1.165) is 73.2 Å². The monoisotopic (exact) mass is 439 g/mol. The van der Waals surface area contributed by atoms with Gasteiger partial charge in [0.25, 0.3) is 0 Å². The zero-order valence-corrected chi connectivity index (χ0v) is 19.9. The van der Waals surface area contributed by atoms with Crippen LogP contribution in [-0.4, -0.2) is 52.6 Å². The molecule has 1 heterocycles. The van der Waals surface area contributed by atoms with Crippen molar-refractivity contribution in [1.82, 2.24) is 9.80 Å². The smallest absolute Gasteiger partial charge is 0.136 e. The third-order valence-electron chi connectivity index (χ3n) is 5.90. The predicted octanol–water partition coefficient (Wildman–Crippen LogP) is 5.41. The van der Waals surface area contributed by atoms with E-state index < -0.39 is 5.41 Å². The van der Waals surface area contributed by atoms with Crippen molar-refractivity contribution in [2.75, 3.05) is 38.5 Å². The average Bonchev–Trinajstić information content (AvgIpc) is 2.78. The molecule has 1 aliphatic heterocycles. The number of allylic oxidation sites excluding steroid dienone is 4. The number of benzene rings is 1. The van der Waals surface area contributed by atoms with Crippen LogP contribution in [0.4, 0.5) is 0 Å². The first kappa shape index (κ1) is 23.1. The van der Waals surface area contributed by atoms with E-state index in [1.807, 2.05) is 18.2 Å². The lowest BCUT2D eigenvalue weighted by Gasteiger charge is -2.37. The molecule has 1 fully saturated rings. The quantitative estimate of drug-likeness (QED) is 0.530. The van der Waals surface area contributed by atoms with Crippen molar-refractivity contribution in [3.05, 3.63) is 59.7 Å². The van der Waals surface area contributed by atoms with Crippen molar-refractivity contribution < 1.29 is 0 Å². The maximum atomic E-state index is 10.3. The molecule has 0 aromatic heterocycles. The average molecular weight is 440 g/mol. The standard InChI is InChI=1S/C25H33N3S2/c1-21(2)19-27-14-16-28(17-15-27)24(29)30-18-13-25(20-26,22-9-5-3-6-10-22)23-11-7-4-8-12-23/h3,5-7,9-12,21H,4,8,13-19H2,1-2H3. The number of nitriles is 1. The van der Waals surface area contributed by atoms with Gasteiger partial charge in [0, 0.05) is 38.5 Å². The summed E-state index contributed by atoms with van der Waals surface area (Å²) >= 11 is 7.49. The van der Waals surface area contributed by atoms with Crippen molar-refractivity contribution in [3.63, 3.8) is 0 Å². The number of thioether (sulfide) groups is 1. The molecule has 0 N–H and O–H groups in total. The molecule has 30 heavy (non-hydrogen) atoms. The van der Waals surface area contributed by atoms with Crippen LogP contribution in [0.25, 0.3) is 0 Å². The number of hydrogen-bond donors (Lipinski definition) is 0. The van der Waals surface area contributed by atoms with Crippen LogP contribution in [0.3, 0.4) is 0 Å². The van der Waals surface area contributed by atoms with Gasteiger partial charge in [-0.05, 0) is 36.3 Å². The van der Waals surface area contributed by atoms with Crippen molar-refractivity contribution in [2.24, 2.45) is 5.92 Å². The third-order valence-corrected chi connectivity index (χ3v) is 7.43. The van der Waals surface area contributed by atoms with Crippen LogP contribution in [0.1, 0.15) is 38.7 Å². The third kappa shape index (κ3) is 5.75. The largest absolute Gasteiger partial charge is 0.355 e. The normalized spacial score (nSPS) is 19.3. The minimum absolute atomic E-state index is 0.600. The number of hydrogen-bond acceptors (Lipinski definition) is 4. The highest BCUT2D eigenvalue weighted by Crippen LogP contribution is 2.39. The van der Waals surface area contributed by atoms with Gasteiger partial charge in [-0.15, -0.1) is 0 Å². The Hall–Kier alpha value is -1.61. The first-order valence-corrected chi connectivity index (χ1v) is 12.4. The Bertz CT molecular complexity index is 801. The van der Waals surface area contributed by atoms with E-state index >= 15 is 0 Å². The summed E-state index contributed by atoms with van der Waals surface area (Å²) in [6, 6.07) is 12.9. The lowest BCUT2D eigenvalue weighted by molar-refractivity contribution is 0.169. The maximum absolute atomic E-state index is 10.3. The van der Waals surface area contributed by atoms with Crippen molar-refractivity contribution in [3.8, 4) is 6.07 Å². The summed E-state index contributed by atoms with van der Waals surface area (Å²) in [7, 11) is 0. The predicted molar refractivity (Wildman–Crippen MR) is 133 cm³/mol. The van der Waals surface area contributed by atoms with Crippen LogP contribution in [0.15, 0.2) is 54.1 Å². The van der Waals surface area contributed by atoms with Crippen LogP contribution in [-0.2, 0) is 5.41 Å². The fourth-order valence-electron chi connectivity index (χ4n) is 4.31. The first-order chi connectivity index (χ1) is 14.5. The van der Waals surface area contributed by atoms with E-state index in [0.29, 0.717) is 5.92 Å². The van der Waals surface area contributed by atoms with Gasteiger partial charge in [0.15, 0.2) is 0 Å². The molecule has 0 bridgehead atoms. The summed E-state index contributed by atoms with van der Waals surface area (Å²) in [4.78, 5) is 4.87. The first-order valence-electron chi connectivity index (χ1n) is 11.0. The SMILES string of the molecule is CC(C)CN1CCN(C(=S)SCCC(C#N)(C2=CCCC=C2)c2ccccc2)CC1. The van der Waals surface area contributed by atoms with E-state index in [9.17, 15) is 5.26 Å². The number of nitrogens with zero attached hydrogens (tertiary/aromatic N) is 3. The molecule has 1 atom stereocenters. The van der Waals surface area contributed by atoms with Gasteiger partial charge in [-0.2, -0.15) is 5.26 Å². The summed E-state index contributed by atoms with van der Waals surface area (Å²) in [5, 5.41) is 10.3. The van der Waals surface area contributed by atoms with Gasteiger partial charge in [0.05, 0.1) is 6.07 Å². The van der Waals surface area contributed by atoms with Crippen LogP contribution in [0, 0.1) is 17.2 Å². The molecule has 1 aromatic carbocycles.